The highest BCUT2D eigenvalue weighted by Crippen LogP contribution is 2.35. The summed E-state index contributed by atoms with van der Waals surface area (Å²) in [5.74, 6) is 0.0195. The number of nitrogens with zero attached hydrogens (tertiary/aromatic N) is 4. The number of esters is 1. The molecule has 3 heterocycles. The first-order chi connectivity index (χ1) is 12.6. The SMILES string of the molecule is CCCC(=O)OCC1OC(n2cnc3c(N)ncnc32)C(OC)C1OC. The van der Waals surface area contributed by atoms with Gasteiger partial charge in [-0.2, -0.15) is 0 Å². The number of aromatic nitrogens is 4. The number of nitrogen functional groups attached to an aromatic ring is 1. The Morgan fingerprint density at radius 2 is 2.04 bits per heavy atom. The maximum absolute atomic E-state index is 11.7. The van der Waals surface area contributed by atoms with Crippen LogP contribution in [-0.4, -0.2) is 64.6 Å². The van der Waals surface area contributed by atoms with Crippen LogP contribution in [0, 0.1) is 0 Å². The first-order valence-electron chi connectivity index (χ1n) is 8.40. The average Bonchev–Trinajstić information content (AvgIpc) is 3.21. The topological polar surface area (TPSA) is 124 Å². The van der Waals surface area contributed by atoms with Crippen molar-refractivity contribution in [1.82, 2.24) is 19.5 Å². The van der Waals surface area contributed by atoms with Gasteiger partial charge in [0.2, 0.25) is 0 Å². The number of rotatable bonds is 7. The molecule has 1 fully saturated rings. The van der Waals surface area contributed by atoms with Crippen molar-refractivity contribution in [3.63, 3.8) is 0 Å². The molecule has 4 atom stereocenters. The third kappa shape index (κ3) is 3.35. The minimum atomic E-state index is -0.556. The second-order valence-corrected chi connectivity index (χ2v) is 5.98. The van der Waals surface area contributed by atoms with Crippen LogP contribution in [0.3, 0.4) is 0 Å². The molecule has 2 aromatic heterocycles. The number of anilines is 1. The number of imidazole rings is 1. The maximum atomic E-state index is 11.7. The molecule has 3 rings (SSSR count). The van der Waals surface area contributed by atoms with Crippen LogP contribution in [0.25, 0.3) is 11.2 Å². The van der Waals surface area contributed by atoms with E-state index in [0.717, 1.165) is 6.42 Å². The maximum Gasteiger partial charge on any atom is 0.305 e. The predicted octanol–water partition coefficient (Wildman–Crippen LogP) is 0.679. The third-order valence-electron chi connectivity index (χ3n) is 4.35. The smallest absolute Gasteiger partial charge is 0.305 e. The Kier molecular flexibility index (Phi) is 5.64. The zero-order valence-electron chi connectivity index (χ0n) is 15.0. The molecule has 2 N–H and O–H groups in total. The van der Waals surface area contributed by atoms with Crippen LogP contribution >= 0.6 is 0 Å². The number of hydrogen-bond donors (Lipinski definition) is 1. The Morgan fingerprint density at radius 3 is 2.73 bits per heavy atom. The Hall–Kier alpha value is -2.30. The summed E-state index contributed by atoms with van der Waals surface area (Å²) in [5.41, 5.74) is 6.86. The molecule has 0 amide bonds. The lowest BCUT2D eigenvalue weighted by atomic mass is 10.1. The summed E-state index contributed by atoms with van der Waals surface area (Å²) in [6.45, 7) is 2.00. The molecule has 142 valence electrons. The quantitative estimate of drug-likeness (QED) is 0.705. The van der Waals surface area contributed by atoms with Gasteiger partial charge >= 0.3 is 5.97 Å². The predicted molar refractivity (Wildman–Crippen MR) is 91.1 cm³/mol. The zero-order valence-corrected chi connectivity index (χ0v) is 15.0. The average molecular weight is 365 g/mol. The van der Waals surface area contributed by atoms with Gasteiger partial charge in [-0.15, -0.1) is 0 Å². The number of carbonyl (C=O) groups is 1. The molecule has 2 aromatic rings. The fourth-order valence-electron chi connectivity index (χ4n) is 3.11. The molecule has 1 aliphatic heterocycles. The Labute approximate surface area is 150 Å². The van der Waals surface area contributed by atoms with Crippen molar-refractivity contribution >= 4 is 23.0 Å². The van der Waals surface area contributed by atoms with Crippen LogP contribution in [0.4, 0.5) is 5.82 Å². The normalized spacial score (nSPS) is 25.7. The Morgan fingerprint density at radius 1 is 1.27 bits per heavy atom. The molecular formula is C16H23N5O5. The largest absolute Gasteiger partial charge is 0.463 e. The van der Waals surface area contributed by atoms with Gasteiger partial charge in [0, 0.05) is 20.6 Å². The van der Waals surface area contributed by atoms with Crippen LogP contribution < -0.4 is 5.73 Å². The second kappa shape index (κ2) is 7.94. The number of ether oxygens (including phenoxy) is 4. The molecule has 10 nitrogen and oxygen atoms in total. The van der Waals surface area contributed by atoms with Crippen molar-refractivity contribution < 1.29 is 23.7 Å². The van der Waals surface area contributed by atoms with E-state index in [2.05, 4.69) is 15.0 Å². The van der Waals surface area contributed by atoms with E-state index in [0.29, 0.717) is 17.6 Å². The van der Waals surface area contributed by atoms with Crippen LogP contribution in [0.1, 0.15) is 26.0 Å². The van der Waals surface area contributed by atoms with E-state index in [1.54, 1.807) is 25.1 Å². The van der Waals surface area contributed by atoms with E-state index in [-0.39, 0.29) is 18.4 Å². The summed E-state index contributed by atoms with van der Waals surface area (Å²) in [7, 11) is 3.14. The standard InChI is InChI=1S/C16H23N5O5/c1-4-5-10(22)25-6-9-12(23-2)13(24-3)16(26-9)21-8-20-11-14(17)18-7-19-15(11)21/h7-9,12-13,16H,4-6H2,1-3H3,(H2,17,18,19). The Bertz CT molecular complexity index is 767. The highest BCUT2D eigenvalue weighted by atomic mass is 16.6. The molecule has 4 unspecified atom stereocenters. The molecule has 0 radical (unpaired) electrons. The van der Waals surface area contributed by atoms with Crippen molar-refractivity contribution in [2.75, 3.05) is 26.6 Å². The van der Waals surface area contributed by atoms with Gasteiger partial charge in [0.05, 0.1) is 6.33 Å². The molecule has 0 saturated carbocycles. The van der Waals surface area contributed by atoms with Gasteiger partial charge in [-0.3, -0.25) is 9.36 Å². The minimum Gasteiger partial charge on any atom is -0.463 e. The van der Waals surface area contributed by atoms with Gasteiger partial charge in [-0.25, -0.2) is 15.0 Å². The summed E-state index contributed by atoms with van der Waals surface area (Å²) in [4.78, 5) is 24.1. The second-order valence-electron chi connectivity index (χ2n) is 5.98. The molecule has 0 aliphatic carbocycles. The summed E-state index contributed by atoms with van der Waals surface area (Å²) < 4.78 is 24.3. The highest BCUT2D eigenvalue weighted by Gasteiger charge is 2.47. The highest BCUT2D eigenvalue weighted by molar-refractivity contribution is 5.81. The van der Waals surface area contributed by atoms with Crippen molar-refractivity contribution in [2.45, 2.75) is 44.3 Å². The number of hydrogen-bond acceptors (Lipinski definition) is 9. The monoisotopic (exact) mass is 365 g/mol. The lowest BCUT2D eigenvalue weighted by Gasteiger charge is -2.22. The number of nitrogens with two attached hydrogens (primary N) is 1. The Balaban J connectivity index is 1.84. The van der Waals surface area contributed by atoms with E-state index in [1.165, 1.54) is 6.33 Å². The fraction of sp³-hybridized carbons (Fsp3) is 0.625. The summed E-state index contributed by atoms with van der Waals surface area (Å²) in [6, 6.07) is 0. The number of methoxy groups -OCH3 is 2. The molecule has 10 heteroatoms. The molecule has 26 heavy (non-hydrogen) atoms. The third-order valence-corrected chi connectivity index (χ3v) is 4.35. The van der Waals surface area contributed by atoms with E-state index in [4.69, 9.17) is 24.7 Å². The van der Waals surface area contributed by atoms with Crippen LogP contribution in [-0.2, 0) is 23.7 Å². The number of fused-ring (bicyclic) bond motifs is 1. The first-order valence-corrected chi connectivity index (χ1v) is 8.40. The van der Waals surface area contributed by atoms with E-state index < -0.39 is 24.5 Å². The molecule has 1 saturated heterocycles. The van der Waals surface area contributed by atoms with Crippen molar-refractivity contribution in [2.24, 2.45) is 0 Å². The van der Waals surface area contributed by atoms with Gasteiger partial charge in [-0.05, 0) is 6.42 Å². The summed E-state index contributed by atoms with van der Waals surface area (Å²) >= 11 is 0. The minimum absolute atomic E-state index is 0.0808. The summed E-state index contributed by atoms with van der Waals surface area (Å²) in [5, 5.41) is 0. The molecule has 1 aliphatic rings. The van der Waals surface area contributed by atoms with E-state index in [1.807, 2.05) is 6.92 Å². The van der Waals surface area contributed by atoms with Crippen LogP contribution in [0.15, 0.2) is 12.7 Å². The van der Waals surface area contributed by atoms with Gasteiger partial charge in [0.25, 0.3) is 0 Å². The van der Waals surface area contributed by atoms with Crippen molar-refractivity contribution in [3.05, 3.63) is 12.7 Å². The van der Waals surface area contributed by atoms with Gasteiger partial charge in [-0.1, -0.05) is 6.92 Å². The lowest BCUT2D eigenvalue weighted by Crippen LogP contribution is -2.37. The molecule has 0 aromatic carbocycles. The van der Waals surface area contributed by atoms with Crippen molar-refractivity contribution in [3.8, 4) is 0 Å². The van der Waals surface area contributed by atoms with Crippen LogP contribution in [0.2, 0.25) is 0 Å². The summed E-state index contributed by atoms with van der Waals surface area (Å²) in [6.07, 6.45) is 2.13. The van der Waals surface area contributed by atoms with Crippen molar-refractivity contribution in [1.29, 1.82) is 0 Å². The zero-order chi connectivity index (χ0) is 18.7. The molecular weight excluding hydrogens is 342 g/mol. The van der Waals surface area contributed by atoms with Gasteiger partial charge < -0.3 is 24.7 Å². The first kappa shape index (κ1) is 18.5. The van der Waals surface area contributed by atoms with E-state index >= 15 is 0 Å². The lowest BCUT2D eigenvalue weighted by molar-refractivity contribution is -0.150. The van der Waals surface area contributed by atoms with Gasteiger partial charge in [0.15, 0.2) is 17.7 Å². The molecule has 0 spiro atoms. The van der Waals surface area contributed by atoms with Gasteiger partial charge in [0.1, 0.15) is 36.8 Å². The molecule has 0 bridgehead atoms. The van der Waals surface area contributed by atoms with E-state index in [9.17, 15) is 4.79 Å². The number of carbonyl (C=O) groups excluding carboxylic acids is 1. The van der Waals surface area contributed by atoms with Crippen LogP contribution in [0.5, 0.6) is 0 Å². The fourth-order valence-corrected chi connectivity index (χ4v) is 3.11.